The highest BCUT2D eigenvalue weighted by Gasteiger charge is 2.31. The molecule has 0 amide bonds. The second-order valence-corrected chi connectivity index (χ2v) is 9.15. The first-order valence-corrected chi connectivity index (χ1v) is 10.3. The molecule has 0 radical (unpaired) electrons. The maximum absolute atomic E-state index is 12.0. The third kappa shape index (κ3) is 3.80. The summed E-state index contributed by atoms with van der Waals surface area (Å²) in [7, 11) is -6.69. The second kappa shape index (κ2) is 6.01. The van der Waals surface area contributed by atoms with Crippen molar-refractivity contribution < 1.29 is 21.3 Å². The highest BCUT2D eigenvalue weighted by Crippen LogP contribution is 2.29. The molecule has 0 aliphatic carbocycles. The van der Waals surface area contributed by atoms with Crippen LogP contribution in [-0.4, -0.2) is 56.4 Å². The smallest absolute Gasteiger partial charge is 0.335 e. The Balaban J connectivity index is 2.03. The summed E-state index contributed by atoms with van der Waals surface area (Å²) in [6.07, 6.45) is 2.69. The van der Waals surface area contributed by atoms with Crippen LogP contribution in [-0.2, 0) is 19.9 Å². The molecule has 1 aromatic rings. The predicted octanol–water partition coefficient (Wildman–Crippen LogP) is 0.392. The van der Waals surface area contributed by atoms with Gasteiger partial charge >= 0.3 is 5.22 Å². The summed E-state index contributed by atoms with van der Waals surface area (Å²) < 4.78 is 53.2. The molecule has 0 aromatic carbocycles. The first kappa shape index (κ1) is 16.4. The Morgan fingerprint density at radius 3 is 2.29 bits per heavy atom. The van der Waals surface area contributed by atoms with E-state index in [1.165, 1.54) is 4.31 Å². The van der Waals surface area contributed by atoms with Crippen LogP contribution < -0.4 is 0 Å². The fourth-order valence-electron chi connectivity index (χ4n) is 2.30. The predicted molar refractivity (Wildman–Crippen MR) is 75.0 cm³/mol. The fraction of sp³-hybridized carbons (Fsp3) is 0.818. The van der Waals surface area contributed by atoms with Crippen molar-refractivity contribution in [1.82, 2.24) is 14.5 Å². The molecule has 2 rings (SSSR count). The molecule has 0 atom stereocenters. The maximum Gasteiger partial charge on any atom is 0.335 e. The zero-order valence-electron chi connectivity index (χ0n) is 12.0. The van der Waals surface area contributed by atoms with Gasteiger partial charge in [-0.25, -0.2) is 21.1 Å². The summed E-state index contributed by atoms with van der Waals surface area (Å²) in [6.45, 7) is 2.61. The number of aromatic nitrogens is 2. The Kier molecular flexibility index (Phi) is 4.69. The average molecular weight is 337 g/mol. The van der Waals surface area contributed by atoms with E-state index in [0.717, 1.165) is 6.26 Å². The van der Waals surface area contributed by atoms with E-state index in [1.54, 1.807) is 0 Å². The molecule has 1 saturated heterocycles. The molecule has 8 nitrogen and oxygen atoms in total. The van der Waals surface area contributed by atoms with Gasteiger partial charge in [0.05, 0.1) is 5.75 Å². The van der Waals surface area contributed by atoms with Crippen molar-refractivity contribution in [2.24, 2.45) is 0 Å². The number of nitrogens with zero attached hydrogens (tertiary/aromatic N) is 3. The molecule has 0 saturated carbocycles. The van der Waals surface area contributed by atoms with Crippen molar-refractivity contribution in [2.45, 2.75) is 37.3 Å². The SMILES string of the molecule is CCCS(=O)(=O)N1CCC(c2nnc(S(C)(=O)=O)o2)CC1. The standard InChI is InChI=1S/C11H19N3O5S2/c1-3-8-21(17,18)14-6-4-9(5-7-14)10-12-13-11(19-10)20(2,15)16/h9H,3-8H2,1-2H3. The second-order valence-electron chi connectivity index (χ2n) is 5.17. The van der Waals surface area contributed by atoms with E-state index in [0.29, 0.717) is 32.4 Å². The van der Waals surface area contributed by atoms with Gasteiger partial charge in [0.15, 0.2) is 0 Å². The van der Waals surface area contributed by atoms with E-state index in [-0.39, 0.29) is 17.6 Å². The van der Waals surface area contributed by atoms with Crippen molar-refractivity contribution in [1.29, 1.82) is 0 Å². The summed E-state index contributed by atoms with van der Waals surface area (Å²) in [5.74, 6) is 0.320. The van der Waals surface area contributed by atoms with Gasteiger partial charge in [-0.3, -0.25) is 0 Å². The normalized spacial score (nSPS) is 19.0. The van der Waals surface area contributed by atoms with Gasteiger partial charge in [0.25, 0.3) is 0 Å². The minimum Gasteiger partial charge on any atom is -0.412 e. The average Bonchev–Trinajstić information content (AvgIpc) is 2.88. The van der Waals surface area contributed by atoms with Crippen LogP contribution in [0.15, 0.2) is 9.64 Å². The highest BCUT2D eigenvalue weighted by molar-refractivity contribution is 7.90. The van der Waals surface area contributed by atoms with E-state index in [1.807, 2.05) is 6.92 Å². The zero-order valence-corrected chi connectivity index (χ0v) is 13.7. The first-order valence-electron chi connectivity index (χ1n) is 6.75. The molecule has 2 heterocycles. The van der Waals surface area contributed by atoms with E-state index in [9.17, 15) is 16.8 Å². The molecule has 1 fully saturated rings. The van der Waals surface area contributed by atoms with Crippen LogP contribution in [0.25, 0.3) is 0 Å². The molecule has 0 spiro atoms. The lowest BCUT2D eigenvalue weighted by Gasteiger charge is -2.29. The van der Waals surface area contributed by atoms with Gasteiger partial charge < -0.3 is 4.42 Å². The van der Waals surface area contributed by atoms with Gasteiger partial charge in [0.1, 0.15) is 0 Å². The first-order chi connectivity index (χ1) is 9.74. The van der Waals surface area contributed by atoms with Crippen molar-refractivity contribution in [3.8, 4) is 0 Å². The maximum atomic E-state index is 12.0. The number of sulfone groups is 1. The summed E-state index contributed by atoms with van der Waals surface area (Å²) in [6, 6.07) is 0. The monoisotopic (exact) mass is 337 g/mol. The lowest BCUT2D eigenvalue weighted by molar-refractivity contribution is 0.278. The van der Waals surface area contributed by atoms with Gasteiger partial charge in [-0.1, -0.05) is 12.0 Å². The molecule has 10 heteroatoms. The summed E-state index contributed by atoms with van der Waals surface area (Å²) in [5, 5.41) is 6.90. The van der Waals surface area contributed by atoms with Crippen LogP contribution in [0, 0.1) is 0 Å². The van der Waals surface area contributed by atoms with E-state index in [2.05, 4.69) is 10.2 Å². The summed E-state index contributed by atoms with van der Waals surface area (Å²) in [5.41, 5.74) is 0. The van der Waals surface area contributed by atoms with Crippen LogP contribution in [0.4, 0.5) is 0 Å². The topological polar surface area (TPSA) is 110 Å². The summed E-state index contributed by atoms with van der Waals surface area (Å²) >= 11 is 0. The van der Waals surface area contributed by atoms with Gasteiger partial charge in [-0.15, -0.1) is 5.10 Å². The van der Waals surface area contributed by atoms with Gasteiger partial charge in [-0.05, 0) is 19.3 Å². The summed E-state index contributed by atoms with van der Waals surface area (Å²) in [4.78, 5) is 0. The molecule has 0 unspecified atom stereocenters. The van der Waals surface area contributed by atoms with Gasteiger partial charge in [0, 0.05) is 25.3 Å². The minimum atomic E-state index is -3.51. The fourth-order valence-corrected chi connectivity index (χ4v) is 4.27. The molecule has 1 aliphatic heterocycles. The van der Waals surface area contributed by atoms with Crippen LogP contribution in [0.2, 0.25) is 0 Å². The lowest BCUT2D eigenvalue weighted by atomic mass is 9.98. The quantitative estimate of drug-likeness (QED) is 0.764. The number of hydrogen-bond donors (Lipinski definition) is 0. The molecule has 0 N–H and O–H groups in total. The minimum absolute atomic E-state index is 0.0962. The van der Waals surface area contributed by atoms with Crippen molar-refractivity contribution in [3.63, 3.8) is 0 Å². The Morgan fingerprint density at radius 2 is 1.81 bits per heavy atom. The van der Waals surface area contributed by atoms with Crippen molar-refractivity contribution >= 4 is 19.9 Å². The third-order valence-electron chi connectivity index (χ3n) is 3.40. The van der Waals surface area contributed by atoms with E-state index in [4.69, 9.17) is 4.42 Å². The van der Waals surface area contributed by atoms with E-state index < -0.39 is 25.1 Å². The van der Waals surface area contributed by atoms with E-state index >= 15 is 0 Å². The van der Waals surface area contributed by atoms with Crippen LogP contribution in [0.1, 0.15) is 38.0 Å². The zero-order chi connectivity index (χ0) is 15.7. The molecule has 0 bridgehead atoms. The van der Waals surface area contributed by atoms with Gasteiger partial charge in [-0.2, -0.15) is 0 Å². The number of hydrogen-bond acceptors (Lipinski definition) is 7. The number of sulfonamides is 1. The molecular weight excluding hydrogens is 318 g/mol. The Labute approximate surface area is 124 Å². The van der Waals surface area contributed by atoms with Gasteiger partial charge in [0.2, 0.25) is 25.8 Å². The molecule has 21 heavy (non-hydrogen) atoms. The van der Waals surface area contributed by atoms with Crippen LogP contribution >= 0.6 is 0 Å². The lowest BCUT2D eigenvalue weighted by Crippen LogP contribution is -2.39. The van der Waals surface area contributed by atoms with Crippen LogP contribution in [0.3, 0.4) is 0 Å². The van der Waals surface area contributed by atoms with Crippen molar-refractivity contribution in [3.05, 3.63) is 5.89 Å². The Bertz CT molecular complexity index is 687. The molecule has 1 aliphatic rings. The molecular formula is C11H19N3O5S2. The Hall–Kier alpha value is -1.00. The highest BCUT2D eigenvalue weighted by atomic mass is 32.2. The number of rotatable bonds is 5. The molecule has 1 aromatic heterocycles. The molecule has 120 valence electrons. The Morgan fingerprint density at radius 1 is 1.19 bits per heavy atom. The largest absolute Gasteiger partial charge is 0.412 e. The van der Waals surface area contributed by atoms with Crippen molar-refractivity contribution in [2.75, 3.05) is 25.1 Å². The third-order valence-corrected chi connectivity index (χ3v) is 6.27. The number of piperidine rings is 1. The van der Waals surface area contributed by atoms with Crippen LogP contribution in [0.5, 0.6) is 0 Å².